The Morgan fingerprint density at radius 2 is 2.23 bits per heavy atom. The number of benzene rings is 1. The van der Waals surface area contributed by atoms with E-state index in [2.05, 4.69) is 10.0 Å². The molecule has 1 aliphatic heterocycles. The van der Waals surface area contributed by atoms with Gasteiger partial charge in [-0.05, 0) is 31.7 Å². The molecule has 0 radical (unpaired) electrons. The number of likely N-dealkylation sites (N-methyl/N-ethyl adjacent to an activating group) is 1. The highest BCUT2D eigenvalue weighted by Crippen LogP contribution is 2.24. The summed E-state index contributed by atoms with van der Waals surface area (Å²) in [7, 11) is 1.72. The highest BCUT2D eigenvalue weighted by atomic mass is 35.5. The molecule has 0 aromatic heterocycles. The maximum Gasteiger partial charge on any atom is 0.251 e. The predicted octanol–water partition coefficient (Wildman–Crippen LogP) is 0.633. The van der Waals surface area contributed by atoms with Gasteiger partial charge in [-0.25, -0.2) is 19.3 Å². The van der Waals surface area contributed by atoms with E-state index in [0.717, 1.165) is 12.1 Å². The Morgan fingerprint density at radius 1 is 1.50 bits per heavy atom. The molecule has 1 aromatic rings. The van der Waals surface area contributed by atoms with Crippen molar-refractivity contribution in [3.63, 3.8) is 0 Å². The van der Waals surface area contributed by atoms with Crippen LogP contribution in [0.1, 0.15) is 6.42 Å². The van der Waals surface area contributed by atoms with E-state index in [1.165, 1.54) is 18.2 Å². The molecule has 5 N–H and O–H groups in total. The summed E-state index contributed by atoms with van der Waals surface area (Å²) < 4.78 is 17.7. The van der Waals surface area contributed by atoms with Gasteiger partial charge < -0.3 is 5.32 Å². The highest BCUT2D eigenvalue weighted by Gasteiger charge is 2.35. The summed E-state index contributed by atoms with van der Waals surface area (Å²) in [6.07, 6.45) is 0.243. The standard InChI is InChI=1S/C12H15ClFN5O2S/c1-19-10(5-9(18-22-19)11(20)17-15)12(21)16-6-2-3-8(14)7(13)4-6/h2-4,9-10,18H,5,15H2,1H3,(H,16,21)(H,17,20). The molecular weight excluding hydrogens is 333 g/mol. The van der Waals surface area contributed by atoms with Gasteiger partial charge in [0.05, 0.1) is 5.02 Å². The number of hydrogen-bond donors (Lipinski definition) is 4. The zero-order valence-electron chi connectivity index (χ0n) is 11.6. The molecule has 1 heterocycles. The van der Waals surface area contributed by atoms with E-state index in [4.69, 9.17) is 17.4 Å². The molecule has 120 valence electrons. The molecule has 10 heteroatoms. The fraction of sp³-hybridized carbons (Fsp3) is 0.333. The lowest BCUT2D eigenvalue weighted by Gasteiger charge is -2.34. The number of carbonyl (C=O) groups is 2. The van der Waals surface area contributed by atoms with Crippen molar-refractivity contribution in [2.75, 3.05) is 12.4 Å². The highest BCUT2D eigenvalue weighted by molar-refractivity contribution is 7.95. The minimum absolute atomic E-state index is 0.0776. The monoisotopic (exact) mass is 347 g/mol. The average Bonchev–Trinajstić information content (AvgIpc) is 2.50. The lowest BCUT2D eigenvalue weighted by molar-refractivity contribution is -0.124. The first-order valence-electron chi connectivity index (χ1n) is 6.34. The van der Waals surface area contributed by atoms with E-state index in [0.29, 0.717) is 5.69 Å². The van der Waals surface area contributed by atoms with Crippen LogP contribution in [0, 0.1) is 5.82 Å². The number of hydrogen-bond acceptors (Lipinski definition) is 6. The quantitative estimate of drug-likeness (QED) is 0.277. The van der Waals surface area contributed by atoms with Crippen molar-refractivity contribution >= 4 is 41.2 Å². The summed E-state index contributed by atoms with van der Waals surface area (Å²) in [5.74, 6) is 3.81. The molecule has 1 aliphatic rings. The molecule has 1 fully saturated rings. The Bertz CT molecular complexity index is 591. The number of hydrazine groups is 1. The molecule has 7 nitrogen and oxygen atoms in total. The van der Waals surface area contributed by atoms with Crippen molar-refractivity contribution in [1.82, 2.24) is 14.5 Å². The normalized spacial score (nSPS) is 22.2. The lowest BCUT2D eigenvalue weighted by Crippen LogP contribution is -2.55. The van der Waals surface area contributed by atoms with Crippen LogP contribution in [0.3, 0.4) is 0 Å². The number of carbonyl (C=O) groups excluding carboxylic acids is 2. The molecule has 22 heavy (non-hydrogen) atoms. The maximum absolute atomic E-state index is 13.1. The predicted molar refractivity (Wildman–Crippen MR) is 83.1 cm³/mol. The Balaban J connectivity index is 2.06. The van der Waals surface area contributed by atoms with Crippen LogP contribution in [0.4, 0.5) is 10.1 Å². The fourth-order valence-electron chi connectivity index (χ4n) is 1.96. The van der Waals surface area contributed by atoms with Crippen LogP contribution in [0.15, 0.2) is 18.2 Å². The van der Waals surface area contributed by atoms with Gasteiger partial charge in [-0.3, -0.25) is 15.0 Å². The smallest absolute Gasteiger partial charge is 0.251 e. The second-order valence-corrected chi connectivity index (χ2v) is 6.09. The third-order valence-electron chi connectivity index (χ3n) is 3.19. The summed E-state index contributed by atoms with van der Waals surface area (Å²) in [4.78, 5) is 23.9. The number of halogens is 2. The van der Waals surface area contributed by atoms with E-state index >= 15 is 0 Å². The summed E-state index contributed by atoms with van der Waals surface area (Å²) in [5.41, 5.74) is 2.43. The topological polar surface area (TPSA) is 99.5 Å². The molecule has 2 rings (SSSR count). The number of rotatable bonds is 3. The van der Waals surface area contributed by atoms with Crippen molar-refractivity contribution in [1.29, 1.82) is 0 Å². The third-order valence-corrected chi connectivity index (χ3v) is 4.41. The van der Waals surface area contributed by atoms with Crippen LogP contribution in [0.5, 0.6) is 0 Å². The van der Waals surface area contributed by atoms with Gasteiger partial charge in [0.2, 0.25) is 5.91 Å². The first-order valence-corrected chi connectivity index (χ1v) is 7.49. The third kappa shape index (κ3) is 3.87. The van der Waals surface area contributed by atoms with E-state index in [1.54, 1.807) is 11.4 Å². The van der Waals surface area contributed by atoms with E-state index in [1.807, 2.05) is 5.43 Å². The van der Waals surface area contributed by atoms with Gasteiger partial charge in [-0.15, -0.1) is 0 Å². The number of nitrogens with one attached hydrogen (secondary N) is 3. The number of nitrogens with zero attached hydrogens (tertiary/aromatic N) is 1. The van der Waals surface area contributed by atoms with Crippen LogP contribution in [0.2, 0.25) is 5.02 Å². The van der Waals surface area contributed by atoms with Gasteiger partial charge in [0, 0.05) is 17.8 Å². The van der Waals surface area contributed by atoms with E-state index in [-0.39, 0.29) is 17.4 Å². The Morgan fingerprint density at radius 3 is 2.86 bits per heavy atom. The number of amides is 2. The maximum atomic E-state index is 13.1. The fourth-order valence-corrected chi connectivity index (χ4v) is 2.95. The Labute approximate surface area is 136 Å². The van der Waals surface area contributed by atoms with Gasteiger partial charge in [0.1, 0.15) is 17.9 Å². The van der Waals surface area contributed by atoms with Crippen LogP contribution in [0.25, 0.3) is 0 Å². The second kappa shape index (κ2) is 7.25. The van der Waals surface area contributed by atoms with Crippen LogP contribution < -0.4 is 21.3 Å². The summed E-state index contributed by atoms with van der Waals surface area (Å²) in [6, 6.07) is 2.77. The minimum Gasteiger partial charge on any atom is -0.325 e. The Kier molecular flexibility index (Phi) is 5.59. The van der Waals surface area contributed by atoms with Crippen molar-refractivity contribution in [3.8, 4) is 0 Å². The van der Waals surface area contributed by atoms with E-state index in [9.17, 15) is 14.0 Å². The lowest BCUT2D eigenvalue weighted by atomic mass is 10.1. The molecule has 2 amide bonds. The average molecular weight is 348 g/mol. The molecular formula is C12H15ClFN5O2S. The van der Waals surface area contributed by atoms with Gasteiger partial charge in [0.15, 0.2) is 0 Å². The first kappa shape index (κ1) is 17.0. The van der Waals surface area contributed by atoms with Crippen molar-refractivity contribution in [2.24, 2.45) is 5.84 Å². The molecule has 2 atom stereocenters. The van der Waals surface area contributed by atoms with Crippen molar-refractivity contribution in [2.45, 2.75) is 18.5 Å². The van der Waals surface area contributed by atoms with Crippen molar-refractivity contribution in [3.05, 3.63) is 29.0 Å². The van der Waals surface area contributed by atoms with E-state index < -0.39 is 23.8 Å². The molecule has 0 spiro atoms. The summed E-state index contributed by atoms with van der Waals surface area (Å²) >= 11 is 6.82. The van der Waals surface area contributed by atoms with Gasteiger partial charge in [0.25, 0.3) is 5.91 Å². The Hall–Kier alpha value is -1.39. The minimum atomic E-state index is -0.584. The van der Waals surface area contributed by atoms with Crippen molar-refractivity contribution < 1.29 is 14.0 Å². The van der Waals surface area contributed by atoms with Crippen LogP contribution >= 0.6 is 23.7 Å². The zero-order chi connectivity index (χ0) is 16.3. The van der Waals surface area contributed by atoms with Gasteiger partial charge in [-0.2, -0.15) is 0 Å². The molecule has 2 unspecified atom stereocenters. The molecule has 0 saturated carbocycles. The zero-order valence-corrected chi connectivity index (χ0v) is 13.2. The first-order chi connectivity index (χ1) is 10.4. The van der Waals surface area contributed by atoms with Gasteiger partial charge >= 0.3 is 0 Å². The molecule has 1 saturated heterocycles. The number of nitrogens with two attached hydrogens (primary N) is 1. The van der Waals surface area contributed by atoms with Crippen LogP contribution in [-0.2, 0) is 9.59 Å². The molecule has 1 aromatic carbocycles. The SMILES string of the molecule is CN1SNC(C(=O)NN)CC1C(=O)Nc1ccc(F)c(Cl)c1. The van der Waals surface area contributed by atoms with Gasteiger partial charge in [-0.1, -0.05) is 11.6 Å². The molecule has 0 bridgehead atoms. The van der Waals surface area contributed by atoms with Crippen LogP contribution in [-0.4, -0.2) is 35.3 Å². The largest absolute Gasteiger partial charge is 0.325 e. The summed E-state index contributed by atoms with van der Waals surface area (Å²) in [5, 5.41) is 2.57. The summed E-state index contributed by atoms with van der Waals surface area (Å²) in [6.45, 7) is 0. The molecule has 0 aliphatic carbocycles. The number of anilines is 1. The second-order valence-electron chi connectivity index (χ2n) is 4.69.